The van der Waals surface area contributed by atoms with Crippen molar-refractivity contribution >= 4 is 35.1 Å². The summed E-state index contributed by atoms with van der Waals surface area (Å²) in [6.45, 7) is 1.54. The van der Waals surface area contributed by atoms with Crippen LogP contribution in [0.4, 0.5) is 11.5 Å². The maximum atomic E-state index is 12.4. The normalized spacial score (nSPS) is 18.4. The summed E-state index contributed by atoms with van der Waals surface area (Å²) in [4.78, 5) is 26.7. The van der Waals surface area contributed by atoms with Crippen molar-refractivity contribution in [1.29, 1.82) is 0 Å². The molecule has 1 aliphatic heterocycles. The van der Waals surface area contributed by atoms with Crippen molar-refractivity contribution in [2.45, 2.75) is 36.8 Å². The first-order chi connectivity index (χ1) is 15.1. The number of rotatable bonds is 8. The third kappa shape index (κ3) is 6.10. The molecule has 1 saturated heterocycles. The zero-order valence-electron chi connectivity index (χ0n) is 17.5. The van der Waals surface area contributed by atoms with Gasteiger partial charge < -0.3 is 20.3 Å². The molecule has 2 heterocycles. The highest BCUT2D eigenvalue weighted by Crippen LogP contribution is 2.25. The van der Waals surface area contributed by atoms with E-state index in [9.17, 15) is 9.59 Å². The first-order valence-corrected chi connectivity index (χ1v) is 11.5. The Bertz CT molecular complexity index is 920. The molecule has 164 valence electrons. The second kappa shape index (κ2) is 10.00. The molecule has 2 fully saturated rings. The van der Waals surface area contributed by atoms with Crippen LogP contribution in [0.1, 0.15) is 25.7 Å². The molecule has 1 aliphatic carbocycles. The van der Waals surface area contributed by atoms with Crippen LogP contribution in [-0.2, 0) is 9.59 Å². The van der Waals surface area contributed by atoms with E-state index in [0.29, 0.717) is 29.0 Å². The van der Waals surface area contributed by atoms with Crippen LogP contribution in [0.3, 0.4) is 0 Å². The number of carbonyl (C=O) groups excluding carboxylic acids is 2. The average Bonchev–Trinajstić information content (AvgIpc) is 3.62. The van der Waals surface area contributed by atoms with Crippen molar-refractivity contribution in [3.8, 4) is 5.75 Å². The van der Waals surface area contributed by atoms with Gasteiger partial charge in [0.2, 0.25) is 11.8 Å². The van der Waals surface area contributed by atoms with Crippen LogP contribution < -0.4 is 20.3 Å². The number of benzene rings is 1. The third-order valence-electron chi connectivity index (χ3n) is 5.37. The Morgan fingerprint density at radius 3 is 2.81 bits per heavy atom. The topological polar surface area (TPSA) is 96.5 Å². The van der Waals surface area contributed by atoms with E-state index in [1.165, 1.54) is 11.8 Å². The molecule has 8 nitrogen and oxygen atoms in total. The minimum absolute atomic E-state index is 0.00510. The van der Waals surface area contributed by atoms with Gasteiger partial charge in [0, 0.05) is 30.9 Å². The Balaban J connectivity index is 1.26. The number of methoxy groups -OCH3 is 1. The molecule has 1 aromatic heterocycles. The summed E-state index contributed by atoms with van der Waals surface area (Å²) in [7, 11) is 1.59. The summed E-state index contributed by atoms with van der Waals surface area (Å²) in [6, 6.07) is 11.4. The number of amides is 2. The Morgan fingerprint density at radius 1 is 1.19 bits per heavy atom. The Kier molecular flexibility index (Phi) is 6.91. The zero-order chi connectivity index (χ0) is 21.6. The highest BCUT2D eigenvalue weighted by molar-refractivity contribution is 7.99. The van der Waals surface area contributed by atoms with Gasteiger partial charge in [-0.05, 0) is 49.9 Å². The van der Waals surface area contributed by atoms with Gasteiger partial charge in [-0.1, -0.05) is 17.8 Å². The number of hydrogen-bond donors (Lipinski definition) is 2. The first-order valence-electron chi connectivity index (χ1n) is 10.6. The number of nitrogens with zero attached hydrogens (tertiary/aromatic N) is 3. The largest absolute Gasteiger partial charge is 0.497 e. The van der Waals surface area contributed by atoms with Gasteiger partial charge in [-0.15, -0.1) is 10.2 Å². The average molecular weight is 442 g/mol. The lowest BCUT2D eigenvalue weighted by Crippen LogP contribution is -2.44. The van der Waals surface area contributed by atoms with E-state index in [1.807, 2.05) is 30.3 Å². The third-order valence-corrected chi connectivity index (χ3v) is 6.29. The van der Waals surface area contributed by atoms with Crippen LogP contribution >= 0.6 is 11.8 Å². The summed E-state index contributed by atoms with van der Waals surface area (Å²) in [6.07, 6.45) is 4.08. The Labute approximate surface area is 186 Å². The van der Waals surface area contributed by atoms with E-state index in [1.54, 1.807) is 13.2 Å². The molecule has 4 rings (SSSR count). The van der Waals surface area contributed by atoms with E-state index >= 15 is 0 Å². The van der Waals surface area contributed by atoms with Crippen LogP contribution in [0.2, 0.25) is 0 Å². The Hall–Kier alpha value is -2.81. The molecular formula is C22H27N5O3S. The number of ether oxygens (including phenoxy) is 1. The van der Waals surface area contributed by atoms with Crippen molar-refractivity contribution in [3.63, 3.8) is 0 Å². The molecule has 2 aromatic rings. The molecule has 0 spiro atoms. The van der Waals surface area contributed by atoms with Gasteiger partial charge in [0.15, 0.2) is 5.82 Å². The van der Waals surface area contributed by atoms with Gasteiger partial charge in [-0.2, -0.15) is 0 Å². The zero-order valence-corrected chi connectivity index (χ0v) is 18.4. The SMILES string of the molecule is COc1cccc(NC(=O)CSc2ccc(N3CCC[C@H](C(=O)NC4CC4)C3)nn2)c1. The van der Waals surface area contributed by atoms with Crippen LogP contribution in [0.5, 0.6) is 5.75 Å². The second-order valence-corrected chi connectivity index (χ2v) is 8.86. The van der Waals surface area contributed by atoms with Gasteiger partial charge in [-0.3, -0.25) is 9.59 Å². The lowest BCUT2D eigenvalue weighted by atomic mass is 9.97. The number of thioether (sulfide) groups is 1. The highest BCUT2D eigenvalue weighted by atomic mass is 32.2. The predicted octanol–water partition coefficient (Wildman–Crippen LogP) is 2.71. The molecular weight excluding hydrogens is 414 g/mol. The van der Waals surface area contributed by atoms with Gasteiger partial charge in [0.05, 0.1) is 18.8 Å². The number of anilines is 2. The summed E-state index contributed by atoms with van der Waals surface area (Å²) >= 11 is 1.33. The molecule has 2 amide bonds. The van der Waals surface area contributed by atoms with Crippen molar-refractivity contribution in [3.05, 3.63) is 36.4 Å². The highest BCUT2D eigenvalue weighted by Gasteiger charge is 2.30. The fourth-order valence-electron chi connectivity index (χ4n) is 3.54. The number of carbonyl (C=O) groups is 2. The molecule has 9 heteroatoms. The fourth-order valence-corrected chi connectivity index (χ4v) is 4.16. The summed E-state index contributed by atoms with van der Waals surface area (Å²) in [5.74, 6) is 1.74. The minimum atomic E-state index is -0.121. The smallest absolute Gasteiger partial charge is 0.234 e. The van der Waals surface area contributed by atoms with Crippen molar-refractivity contribution in [2.75, 3.05) is 36.2 Å². The van der Waals surface area contributed by atoms with E-state index < -0.39 is 0 Å². The molecule has 2 N–H and O–H groups in total. The number of nitrogens with one attached hydrogen (secondary N) is 2. The molecule has 0 radical (unpaired) electrons. The maximum absolute atomic E-state index is 12.4. The minimum Gasteiger partial charge on any atom is -0.497 e. The van der Waals surface area contributed by atoms with Gasteiger partial charge in [-0.25, -0.2) is 0 Å². The molecule has 2 aliphatic rings. The Morgan fingerprint density at radius 2 is 2.06 bits per heavy atom. The van der Waals surface area contributed by atoms with Crippen molar-refractivity contribution in [2.24, 2.45) is 5.92 Å². The van der Waals surface area contributed by atoms with E-state index in [0.717, 1.165) is 38.0 Å². The molecule has 0 unspecified atom stereocenters. The molecule has 0 bridgehead atoms. The lowest BCUT2D eigenvalue weighted by Gasteiger charge is -2.32. The van der Waals surface area contributed by atoms with Crippen LogP contribution in [0, 0.1) is 5.92 Å². The maximum Gasteiger partial charge on any atom is 0.234 e. The summed E-state index contributed by atoms with van der Waals surface area (Å²) in [5, 5.41) is 15.2. The van der Waals surface area contributed by atoms with Crippen LogP contribution in [0.15, 0.2) is 41.4 Å². The number of hydrogen-bond acceptors (Lipinski definition) is 7. The van der Waals surface area contributed by atoms with Crippen molar-refractivity contribution < 1.29 is 14.3 Å². The molecule has 31 heavy (non-hydrogen) atoms. The molecule has 1 saturated carbocycles. The van der Waals surface area contributed by atoms with Gasteiger partial charge >= 0.3 is 0 Å². The number of aromatic nitrogens is 2. The lowest BCUT2D eigenvalue weighted by molar-refractivity contribution is -0.125. The summed E-state index contributed by atoms with van der Waals surface area (Å²) < 4.78 is 5.17. The van der Waals surface area contributed by atoms with E-state index in [-0.39, 0.29) is 23.5 Å². The molecule has 1 aromatic carbocycles. The second-order valence-electron chi connectivity index (χ2n) is 7.87. The monoisotopic (exact) mass is 441 g/mol. The van der Waals surface area contributed by atoms with E-state index in [4.69, 9.17) is 4.74 Å². The summed E-state index contributed by atoms with van der Waals surface area (Å²) in [5.41, 5.74) is 0.691. The standard InChI is InChI=1S/C22H27N5O3S/c1-30-18-6-2-5-17(12-18)23-20(28)14-31-21-10-9-19(25-26-21)27-11-3-4-15(13-27)22(29)24-16-7-8-16/h2,5-6,9-10,12,15-16H,3-4,7-8,11,13-14H2,1H3,(H,23,28)(H,24,29)/t15-/m0/s1. The van der Waals surface area contributed by atoms with E-state index in [2.05, 4.69) is 25.7 Å². The predicted molar refractivity (Wildman–Crippen MR) is 120 cm³/mol. The molecule has 1 atom stereocenters. The van der Waals surface area contributed by atoms with Crippen LogP contribution in [0.25, 0.3) is 0 Å². The number of piperidine rings is 1. The van der Waals surface area contributed by atoms with Gasteiger partial charge in [0.1, 0.15) is 10.8 Å². The van der Waals surface area contributed by atoms with Crippen LogP contribution in [-0.4, -0.2) is 54.0 Å². The van der Waals surface area contributed by atoms with Gasteiger partial charge in [0.25, 0.3) is 0 Å². The quantitative estimate of drug-likeness (QED) is 0.608. The fraction of sp³-hybridized carbons (Fsp3) is 0.455. The first kappa shape index (κ1) is 21.4. The van der Waals surface area contributed by atoms with Crippen molar-refractivity contribution in [1.82, 2.24) is 15.5 Å².